The lowest BCUT2D eigenvalue weighted by molar-refractivity contribution is 0.0601. The molecule has 16 heavy (non-hydrogen) atoms. The standard InChI is InChI=1S/C12H11BrO2S/c1-15-12(14)9-4-2-8(3-5-9)10-6-7-11(13)16-10/h2-6,11H,7H2,1H3. The monoisotopic (exact) mass is 298 g/mol. The van der Waals surface area contributed by atoms with Crippen molar-refractivity contribution in [1.82, 2.24) is 0 Å². The molecule has 0 bridgehead atoms. The van der Waals surface area contributed by atoms with Crippen LogP contribution in [0.25, 0.3) is 4.91 Å². The number of esters is 1. The Morgan fingerprint density at radius 2 is 2.12 bits per heavy atom. The molecule has 1 unspecified atom stereocenters. The molecule has 0 aromatic heterocycles. The molecule has 0 spiro atoms. The Morgan fingerprint density at radius 3 is 2.62 bits per heavy atom. The van der Waals surface area contributed by atoms with Crippen LogP contribution in [-0.4, -0.2) is 17.2 Å². The van der Waals surface area contributed by atoms with Crippen LogP contribution in [0.1, 0.15) is 22.3 Å². The molecular formula is C12H11BrO2S. The Kier molecular flexibility index (Phi) is 3.71. The quantitative estimate of drug-likeness (QED) is 0.615. The molecule has 1 aromatic carbocycles. The Morgan fingerprint density at radius 1 is 1.44 bits per heavy atom. The molecule has 1 aliphatic rings. The molecule has 0 amide bonds. The minimum Gasteiger partial charge on any atom is -0.465 e. The molecule has 0 N–H and O–H groups in total. The van der Waals surface area contributed by atoms with Gasteiger partial charge in [0.05, 0.1) is 16.8 Å². The first-order chi connectivity index (χ1) is 7.70. The highest BCUT2D eigenvalue weighted by molar-refractivity contribution is 9.11. The van der Waals surface area contributed by atoms with Gasteiger partial charge >= 0.3 is 5.97 Å². The predicted molar refractivity (Wildman–Crippen MR) is 70.7 cm³/mol. The van der Waals surface area contributed by atoms with Crippen LogP contribution < -0.4 is 0 Å². The highest BCUT2D eigenvalue weighted by Gasteiger charge is 2.16. The number of carbonyl (C=O) groups is 1. The van der Waals surface area contributed by atoms with E-state index in [9.17, 15) is 4.79 Å². The third-order valence-electron chi connectivity index (χ3n) is 2.33. The number of thioether (sulfide) groups is 1. The van der Waals surface area contributed by atoms with E-state index in [2.05, 4.69) is 26.7 Å². The van der Waals surface area contributed by atoms with Crippen LogP contribution >= 0.6 is 27.7 Å². The molecule has 1 heterocycles. The molecule has 1 atom stereocenters. The molecule has 0 saturated heterocycles. The van der Waals surface area contributed by atoms with Gasteiger partial charge in [-0.2, -0.15) is 0 Å². The summed E-state index contributed by atoms with van der Waals surface area (Å²) in [5, 5.41) is 0. The SMILES string of the molecule is COC(=O)c1ccc(C2=CCC(Br)S2)cc1. The van der Waals surface area contributed by atoms with E-state index in [1.165, 1.54) is 12.0 Å². The lowest BCUT2D eigenvalue weighted by atomic mass is 10.1. The number of allylic oxidation sites excluding steroid dienone is 1. The third kappa shape index (κ3) is 2.50. The van der Waals surface area contributed by atoms with Crippen LogP contribution in [0.15, 0.2) is 30.3 Å². The normalized spacial score (nSPS) is 19.4. The second kappa shape index (κ2) is 5.06. The van der Waals surface area contributed by atoms with Crippen LogP contribution in [0.3, 0.4) is 0 Å². The Bertz CT molecular complexity index is 425. The van der Waals surface area contributed by atoms with Crippen molar-refractivity contribution in [2.45, 2.75) is 10.6 Å². The van der Waals surface area contributed by atoms with Crippen LogP contribution in [-0.2, 0) is 4.74 Å². The second-order valence-corrected chi connectivity index (χ2v) is 6.36. The second-order valence-electron chi connectivity index (χ2n) is 3.40. The fourth-order valence-electron chi connectivity index (χ4n) is 1.51. The lowest BCUT2D eigenvalue weighted by Gasteiger charge is -2.04. The minimum atomic E-state index is -0.294. The Balaban J connectivity index is 2.17. The number of benzene rings is 1. The number of halogens is 1. The number of carbonyl (C=O) groups excluding carboxylic acids is 1. The van der Waals surface area contributed by atoms with E-state index in [1.54, 1.807) is 23.9 Å². The molecular weight excluding hydrogens is 288 g/mol. The Labute approximate surface area is 107 Å². The number of methoxy groups -OCH3 is 1. The van der Waals surface area contributed by atoms with Gasteiger partial charge in [0.2, 0.25) is 0 Å². The van der Waals surface area contributed by atoms with Crippen molar-refractivity contribution in [3.8, 4) is 0 Å². The summed E-state index contributed by atoms with van der Waals surface area (Å²) in [6, 6.07) is 7.50. The van der Waals surface area contributed by atoms with Crippen LogP contribution in [0.2, 0.25) is 0 Å². The zero-order valence-corrected chi connectivity index (χ0v) is 11.2. The average Bonchev–Trinajstić information content (AvgIpc) is 2.75. The summed E-state index contributed by atoms with van der Waals surface area (Å²) in [4.78, 5) is 12.5. The van der Waals surface area contributed by atoms with Gasteiger partial charge in [-0.15, -0.1) is 11.8 Å². The number of hydrogen-bond donors (Lipinski definition) is 0. The van der Waals surface area contributed by atoms with Gasteiger partial charge in [0.15, 0.2) is 0 Å². The zero-order valence-electron chi connectivity index (χ0n) is 8.77. The summed E-state index contributed by atoms with van der Waals surface area (Å²) >= 11 is 5.36. The molecule has 2 rings (SSSR count). The van der Waals surface area contributed by atoms with Gasteiger partial charge in [-0.05, 0) is 24.1 Å². The molecule has 1 aliphatic heterocycles. The minimum absolute atomic E-state index is 0.294. The fourth-order valence-corrected chi connectivity index (χ4v) is 3.23. The van der Waals surface area contributed by atoms with Crippen molar-refractivity contribution in [3.63, 3.8) is 0 Å². The molecule has 0 radical (unpaired) electrons. The summed E-state index contributed by atoms with van der Waals surface area (Å²) in [5.74, 6) is -0.294. The van der Waals surface area contributed by atoms with Crippen molar-refractivity contribution >= 4 is 38.6 Å². The molecule has 1 aromatic rings. The van der Waals surface area contributed by atoms with Gasteiger partial charge in [-0.25, -0.2) is 4.79 Å². The van der Waals surface area contributed by atoms with E-state index in [1.807, 2.05) is 12.1 Å². The van der Waals surface area contributed by atoms with Crippen molar-refractivity contribution in [2.75, 3.05) is 7.11 Å². The highest BCUT2D eigenvalue weighted by atomic mass is 79.9. The fraction of sp³-hybridized carbons (Fsp3) is 0.250. The van der Waals surface area contributed by atoms with Gasteiger partial charge in [0, 0.05) is 4.91 Å². The first kappa shape index (κ1) is 11.7. The number of hydrogen-bond acceptors (Lipinski definition) is 3. The van der Waals surface area contributed by atoms with Crippen LogP contribution in [0.5, 0.6) is 0 Å². The maximum Gasteiger partial charge on any atom is 0.337 e. The topological polar surface area (TPSA) is 26.3 Å². The maximum atomic E-state index is 11.2. The van der Waals surface area contributed by atoms with Gasteiger partial charge in [-0.3, -0.25) is 0 Å². The summed E-state index contributed by atoms with van der Waals surface area (Å²) in [5.41, 5.74) is 1.74. The van der Waals surface area contributed by atoms with Gasteiger partial charge < -0.3 is 4.74 Å². The summed E-state index contributed by atoms with van der Waals surface area (Å²) in [6.45, 7) is 0. The van der Waals surface area contributed by atoms with E-state index in [-0.39, 0.29) is 5.97 Å². The largest absolute Gasteiger partial charge is 0.465 e. The van der Waals surface area contributed by atoms with Gasteiger partial charge in [-0.1, -0.05) is 34.1 Å². The number of rotatable bonds is 2. The summed E-state index contributed by atoms with van der Waals surface area (Å²) in [7, 11) is 1.39. The molecule has 4 heteroatoms. The molecule has 0 saturated carbocycles. The number of alkyl halides is 1. The molecule has 0 fully saturated rings. The lowest BCUT2D eigenvalue weighted by Crippen LogP contribution is -2.00. The summed E-state index contributed by atoms with van der Waals surface area (Å²) in [6.07, 6.45) is 3.25. The predicted octanol–water partition coefficient (Wildman–Crippen LogP) is 3.67. The van der Waals surface area contributed by atoms with Gasteiger partial charge in [0.1, 0.15) is 0 Å². The molecule has 2 nitrogen and oxygen atoms in total. The highest BCUT2D eigenvalue weighted by Crippen LogP contribution is 2.41. The van der Waals surface area contributed by atoms with Gasteiger partial charge in [0.25, 0.3) is 0 Å². The zero-order chi connectivity index (χ0) is 11.5. The van der Waals surface area contributed by atoms with E-state index >= 15 is 0 Å². The van der Waals surface area contributed by atoms with Crippen LogP contribution in [0, 0.1) is 0 Å². The van der Waals surface area contributed by atoms with E-state index < -0.39 is 0 Å². The van der Waals surface area contributed by atoms with Crippen molar-refractivity contribution in [2.24, 2.45) is 0 Å². The molecule has 0 aliphatic carbocycles. The number of ether oxygens (including phenoxy) is 1. The Hall–Kier alpha value is -0.740. The van der Waals surface area contributed by atoms with Crippen molar-refractivity contribution in [1.29, 1.82) is 0 Å². The third-order valence-corrected chi connectivity index (χ3v) is 4.37. The molecule has 84 valence electrons. The summed E-state index contributed by atoms with van der Waals surface area (Å²) < 4.78 is 5.13. The van der Waals surface area contributed by atoms with E-state index in [0.29, 0.717) is 9.72 Å². The first-order valence-electron chi connectivity index (χ1n) is 4.90. The van der Waals surface area contributed by atoms with Crippen molar-refractivity contribution < 1.29 is 9.53 Å². The first-order valence-corrected chi connectivity index (χ1v) is 6.70. The maximum absolute atomic E-state index is 11.2. The van der Waals surface area contributed by atoms with E-state index in [0.717, 1.165) is 12.0 Å². The smallest absolute Gasteiger partial charge is 0.337 e. The van der Waals surface area contributed by atoms with Crippen LogP contribution in [0.4, 0.5) is 0 Å². The van der Waals surface area contributed by atoms with E-state index in [4.69, 9.17) is 0 Å². The average molecular weight is 299 g/mol. The van der Waals surface area contributed by atoms with Crippen molar-refractivity contribution in [3.05, 3.63) is 41.5 Å².